The summed E-state index contributed by atoms with van der Waals surface area (Å²) in [5.74, 6) is 0.796. The highest BCUT2D eigenvalue weighted by atomic mass is 79.9. The molecule has 4 rings (SSSR count). The van der Waals surface area contributed by atoms with Crippen molar-refractivity contribution in [3.05, 3.63) is 70.7 Å². The Morgan fingerprint density at radius 2 is 1.63 bits per heavy atom. The predicted molar refractivity (Wildman–Crippen MR) is 128 cm³/mol. The number of fused-ring (bicyclic) bond motifs is 1. The lowest BCUT2D eigenvalue weighted by atomic mass is 10.1. The van der Waals surface area contributed by atoms with Crippen molar-refractivity contribution in [1.82, 2.24) is 4.90 Å². The van der Waals surface area contributed by atoms with Gasteiger partial charge in [-0.25, -0.2) is 0 Å². The highest BCUT2D eigenvalue weighted by Crippen LogP contribution is 2.24. The van der Waals surface area contributed by atoms with E-state index in [0.717, 1.165) is 48.2 Å². The third-order valence-electron chi connectivity index (χ3n) is 5.77. The van der Waals surface area contributed by atoms with Gasteiger partial charge in [0.1, 0.15) is 18.5 Å². The van der Waals surface area contributed by atoms with Crippen LogP contribution in [0.3, 0.4) is 0 Å². The van der Waals surface area contributed by atoms with Crippen molar-refractivity contribution in [3.63, 3.8) is 0 Å². The fraction of sp³-hybridized carbons (Fsp3) is 0.360. The molecule has 1 aliphatic heterocycles. The van der Waals surface area contributed by atoms with Crippen LogP contribution in [-0.4, -0.2) is 55.4 Å². The lowest BCUT2D eigenvalue weighted by molar-refractivity contribution is 0.0663. The molecule has 0 amide bonds. The minimum atomic E-state index is -0.499. The molecule has 3 aromatic rings. The molecule has 158 valence electrons. The molecule has 1 N–H and O–H groups in total. The lowest BCUT2D eigenvalue weighted by Gasteiger charge is -2.37. The van der Waals surface area contributed by atoms with Gasteiger partial charge in [0.2, 0.25) is 0 Å². The molecule has 1 heterocycles. The molecule has 1 aliphatic rings. The van der Waals surface area contributed by atoms with Gasteiger partial charge in [0.25, 0.3) is 0 Å². The fourth-order valence-corrected chi connectivity index (χ4v) is 4.34. The molecule has 1 saturated heterocycles. The van der Waals surface area contributed by atoms with Gasteiger partial charge in [-0.3, -0.25) is 4.90 Å². The van der Waals surface area contributed by atoms with Crippen LogP contribution in [0, 0.1) is 0 Å². The number of rotatable bonds is 7. The summed E-state index contributed by atoms with van der Waals surface area (Å²) in [4.78, 5) is 4.75. The maximum Gasteiger partial charge on any atom is 0.120 e. The summed E-state index contributed by atoms with van der Waals surface area (Å²) in [6.07, 6.45) is 0.575. The summed E-state index contributed by atoms with van der Waals surface area (Å²) in [5, 5.41) is 12.8. The van der Waals surface area contributed by atoms with E-state index in [1.54, 1.807) is 0 Å². The number of aliphatic hydroxyl groups excluding tert-OH is 1. The van der Waals surface area contributed by atoms with Crippen LogP contribution in [-0.2, 0) is 6.42 Å². The van der Waals surface area contributed by atoms with Gasteiger partial charge in [-0.05, 0) is 59.2 Å². The number of anilines is 1. The summed E-state index contributed by atoms with van der Waals surface area (Å²) in [5.41, 5.74) is 2.67. The number of β-amino-alcohol motifs (C(OH)–C–C–N with tert-alkyl or cyclic N) is 1. The zero-order chi connectivity index (χ0) is 20.9. The Balaban J connectivity index is 1.24. The van der Waals surface area contributed by atoms with Gasteiger partial charge in [0.05, 0.1) is 0 Å². The van der Waals surface area contributed by atoms with Crippen LogP contribution in [0.15, 0.2) is 65.1 Å². The zero-order valence-corrected chi connectivity index (χ0v) is 19.0. The molecule has 0 aliphatic carbocycles. The van der Waals surface area contributed by atoms with E-state index in [4.69, 9.17) is 4.74 Å². The van der Waals surface area contributed by atoms with E-state index in [0.29, 0.717) is 13.2 Å². The van der Waals surface area contributed by atoms with E-state index in [1.165, 1.54) is 16.6 Å². The number of hydrogen-bond acceptors (Lipinski definition) is 4. The first-order valence-corrected chi connectivity index (χ1v) is 11.5. The van der Waals surface area contributed by atoms with Crippen molar-refractivity contribution in [2.45, 2.75) is 19.4 Å². The fourth-order valence-electron chi connectivity index (χ4n) is 3.96. The van der Waals surface area contributed by atoms with E-state index < -0.39 is 6.10 Å². The molecule has 0 saturated carbocycles. The average Bonchev–Trinajstić information content (AvgIpc) is 2.78. The van der Waals surface area contributed by atoms with Crippen molar-refractivity contribution in [1.29, 1.82) is 0 Å². The summed E-state index contributed by atoms with van der Waals surface area (Å²) >= 11 is 3.50. The molecule has 0 unspecified atom stereocenters. The quantitative estimate of drug-likeness (QED) is 0.543. The Kier molecular flexibility index (Phi) is 6.93. The zero-order valence-electron chi connectivity index (χ0n) is 17.4. The summed E-state index contributed by atoms with van der Waals surface area (Å²) in [6.45, 7) is 7.01. The van der Waals surface area contributed by atoms with Crippen LogP contribution in [0.2, 0.25) is 0 Å². The normalized spacial score (nSPS) is 16.0. The number of ether oxygens (including phenoxy) is 1. The smallest absolute Gasteiger partial charge is 0.120 e. The topological polar surface area (TPSA) is 35.9 Å². The van der Waals surface area contributed by atoms with E-state index in [-0.39, 0.29) is 0 Å². The Morgan fingerprint density at radius 1 is 0.933 bits per heavy atom. The second-order valence-electron chi connectivity index (χ2n) is 7.93. The van der Waals surface area contributed by atoms with E-state index in [2.05, 4.69) is 69.1 Å². The highest BCUT2D eigenvalue weighted by molar-refractivity contribution is 9.10. The first-order valence-electron chi connectivity index (χ1n) is 10.7. The third-order valence-corrected chi connectivity index (χ3v) is 6.26. The molecule has 1 atom stereocenters. The molecule has 4 nitrogen and oxygen atoms in total. The minimum Gasteiger partial charge on any atom is -0.491 e. The molecule has 3 aromatic carbocycles. The number of hydrogen-bond donors (Lipinski definition) is 1. The Hall–Kier alpha value is -2.08. The predicted octanol–water partition coefficient (Wildman–Crippen LogP) is 4.73. The van der Waals surface area contributed by atoms with E-state index in [1.807, 2.05) is 24.3 Å². The Morgan fingerprint density at radius 3 is 2.37 bits per heavy atom. The largest absolute Gasteiger partial charge is 0.491 e. The number of halogens is 1. The number of benzene rings is 3. The van der Waals surface area contributed by atoms with Gasteiger partial charge in [-0.1, -0.05) is 47.1 Å². The Bertz CT molecular complexity index is 969. The second-order valence-corrected chi connectivity index (χ2v) is 8.84. The first kappa shape index (κ1) is 21.2. The standard InChI is InChI=1S/C25H29BrN2O2/c1-2-19-3-8-23(9-4-19)28-13-11-27(12-14-28)17-24(29)18-30-25-10-6-20-15-22(26)7-5-21(20)16-25/h3-10,15-16,24,29H,2,11-14,17-18H2,1H3/t24-/m0/s1. The number of aryl methyl sites for hydroxylation is 1. The van der Waals surface area contributed by atoms with Crippen LogP contribution in [0.5, 0.6) is 5.75 Å². The minimum absolute atomic E-state index is 0.306. The maximum atomic E-state index is 10.5. The summed E-state index contributed by atoms with van der Waals surface area (Å²) < 4.78 is 6.93. The molecule has 5 heteroatoms. The van der Waals surface area contributed by atoms with Crippen LogP contribution < -0.4 is 9.64 Å². The van der Waals surface area contributed by atoms with Crippen molar-refractivity contribution >= 4 is 32.4 Å². The van der Waals surface area contributed by atoms with Gasteiger partial charge in [-0.15, -0.1) is 0 Å². The molecule has 0 bridgehead atoms. The Labute approximate surface area is 187 Å². The van der Waals surface area contributed by atoms with Crippen molar-refractivity contribution in [3.8, 4) is 5.75 Å². The average molecular weight is 469 g/mol. The number of nitrogens with zero attached hydrogens (tertiary/aromatic N) is 2. The second kappa shape index (κ2) is 9.82. The van der Waals surface area contributed by atoms with Gasteiger partial charge in [-0.2, -0.15) is 0 Å². The number of piperazine rings is 1. The van der Waals surface area contributed by atoms with Crippen molar-refractivity contribution in [2.75, 3.05) is 44.2 Å². The van der Waals surface area contributed by atoms with Gasteiger partial charge in [0.15, 0.2) is 0 Å². The van der Waals surface area contributed by atoms with Crippen LogP contribution in [0.1, 0.15) is 12.5 Å². The molecule has 1 fully saturated rings. The van der Waals surface area contributed by atoms with Crippen molar-refractivity contribution < 1.29 is 9.84 Å². The van der Waals surface area contributed by atoms with Crippen LogP contribution in [0.25, 0.3) is 10.8 Å². The SMILES string of the molecule is CCc1ccc(N2CCN(C[C@H](O)COc3ccc4cc(Br)ccc4c3)CC2)cc1. The van der Waals surface area contributed by atoms with Gasteiger partial charge >= 0.3 is 0 Å². The van der Waals surface area contributed by atoms with Gasteiger partial charge in [0, 0.05) is 42.9 Å². The maximum absolute atomic E-state index is 10.5. The first-order chi connectivity index (χ1) is 14.6. The van der Waals surface area contributed by atoms with E-state index in [9.17, 15) is 5.11 Å². The van der Waals surface area contributed by atoms with Crippen LogP contribution >= 0.6 is 15.9 Å². The summed E-state index contributed by atoms with van der Waals surface area (Å²) in [6, 6.07) is 21.1. The molecule has 30 heavy (non-hydrogen) atoms. The molecule has 0 radical (unpaired) electrons. The summed E-state index contributed by atoms with van der Waals surface area (Å²) in [7, 11) is 0. The molecular weight excluding hydrogens is 440 g/mol. The van der Waals surface area contributed by atoms with E-state index >= 15 is 0 Å². The highest BCUT2D eigenvalue weighted by Gasteiger charge is 2.19. The molecule has 0 spiro atoms. The molecular formula is C25H29BrN2O2. The monoisotopic (exact) mass is 468 g/mol. The molecule has 0 aromatic heterocycles. The van der Waals surface area contributed by atoms with Gasteiger partial charge < -0.3 is 14.7 Å². The van der Waals surface area contributed by atoms with Crippen LogP contribution in [0.4, 0.5) is 5.69 Å². The van der Waals surface area contributed by atoms with Crippen molar-refractivity contribution in [2.24, 2.45) is 0 Å². The third kappa shape index (κ3) is 5.34. The lowest BCUT2D eigenvalue weighted by Crippen LogP contribution is -2.49. The number of aliphatic hydroxyl groups is 1.